The summed E-state index contributed by atoms with van der Waals surface area (Å²) in [5.41, 5.74) is 0. The number of aldehydes is 1. The second-order valence-electron chi connectivity index (χ2n) is 2.71. The third kappa shape index (κ3) is 5.58. The van der Waals surface area contributed by atoms with Crippen molar-refractivity contribution in [1.82, 2.24) is 5.32 Å². The van der Waals surface area contributed by atoms with Crippen LogP contribution in [0.1, 0.15) is 26.7 Å². The molecule has 1 atom stereocenters. The minimum atomic E-state index is -0.336. The lowest BCUT2D eigenvalue weighted by Gasteiger charge is -2.12. The SMILES string of the molecule is CC(=O)CC(CC=O)NC(C)=O. The third-order valence-electron chi connectivity index (χ3n) is 1.32. The Kier molecular flexibility index (Phi) is 4.92. The highest BCUT2D eigenvalue weighted by molar-refractivity contribution is 5.79. The van der Waals surface area contributed by atoms with E-state index in [1.807, 2.05) is 0 Å². The predicted octanol–water partition coefficient (Wildman–Crippen LogP) is 0.0592. The molecule has 0 aromatic rings. The monoisotopic (exact) mass is 171 g/mol. The summed E-state index contributed by atoms with van der Waals surface area (Å²) < 4.78 is 0. The van der Waals surface area contributed by atoms with E-state index >= 15 is 0 Å². The molecule has 0 bridgehead atoms. The number of hydrogen-bond acceptors (Lipinski definition) is 3. The molecule has 0 aliphatic carbocycles. The number of carbonyl (C=O) groups is 3. The fourth-order valence-corrected chi connectivity index (χ4v) is 0.944. The first-order valence-electron chi connectivity index (χ1n) is 3.76. The molecule has 68 valence electrons. The summed E-state index contributed by atoms with van der Waals surface area (Å²) in [7, 11) is 0. The number of carbonyl (C=O) groups excluding carboxylic acids is 3. The zero-order valence-corrected chi connectivity index (χ0v) is 7.29. The van der Waals surface area contributed by atoms with Crippen LogP contribution < -0.4 is 5.32 Å². The van der Waals surface area contributed by atoms with Crippen LogP contribution in [0.3, 0.4) is 0 Å². The Morgan fingerprint density at radius 1 is 1.42 bits per heavy atom. The van der Waals surface area contributed by atoms with Crippen molar-refractivity contribution in [3.8, 4) is 0 Å². The Bertz CT molecular complexity index is 173. The van der Waals surface area contributed by atoms with E-state index in [4.69, 9.17) is 0 Å². The van der Waals surface area contributed by atoms with Crippen molar-refractivity contribution in [2.24, 2.45) is 0 Å². The largest absolute Gasteiger partial charge is 0.353 e. The van der Waals surface area contributed by atoms with Crippen molar-refractivity contribution in [3.05, 3.63) is 0 Å². The van der Waals surface area contributed by atoms with Crippen LogP contribution in [0.25, 0.3) is 0 Å². The van der Waals surface area contributed by atoms with Gasteiger partial charge in [0, 0.05) is 25.8 Å². The van der Waals surface area contributed by atoms with Gasteiger partial charge < -0.3 is 10.1 Å². The van der Waals surface area contributed by atoms with Gasteiger partial charge in [-0.15, -0.1) is 0 Å². The molecule has 0 fully saturated rings. The van der Waals surface area contributed by atoms with Gasteiger partial charge in [0.1, 0.15) is 12.1 Å². The first kappa shape index (κ1) is 10.8. The highest BCUT2D eigenvalue weighted by Gasteiger charge is 2.10. The zero-order valence-electron chi connectivity index (χ0n) is 7.29. The number of Topliss-reactive ketones (excluding diaryl/α,β-unsaturated/α-hetero) is 1. The topological polar surface area (TPSA) is 63.2 Å². The Hall–Kier alpha value is -1.19. The van der Waals surface area contributed by atoms with Crippen molar-refractivity contribution >= 4 is 18.0 Å². The Labute approximate surface area is 71.3 Å². The highest BCUT2D eigenvalue weighted by Crippen LogP contribution is 1.96. The summed E-state index contributed by atoms with van der Waals surface area (Å²) in [5.74, 6) is -0.251. The maximum absolute atomic E-state index is 10.6. The minimum Gasteiger partial charge on any atom is -0.353 e. The zero-order chi connectivity index (χ0) is 9.56. The van der Waals surface area contributed by atoms with Gasteiger partial charge in [-0.05, 0) is 6.92 Å². The van der Waals surface area contributed by atoms with Gasteiger partial charge in [0.2, 0.25) is 5.91 Å². The van der Waals surface area contributed by atoms with Gasteiger partial charge in [-0.3, -0.25) is 9.59 Å². The molecule has 0 aromatic carbocycles. The van der Waals surface area contributed by atoms with E-state index in [-0.39, 0.29) is 30.6 Å². The smallest absolute Gasteiger partial charge is 0.217 e. The number of ketones is 1. The molecule has 0 rings (SSSR count). The summed E-state index contributed by atoms with van der Waals surface area (Å²) in [6, 6.07) is -0.336. The standard InChI is InChI=1S/C8H13NO3/c1-6(11)5-8(3-4-10)9-7(2)12/h4,8H,3,5H2,1-2H3,(H,9,12). The molecule has 1 unspecified atom stereocenters. The average molecular weight is 171 g/mol. The van der Waals surface area contributed by atoms with Gasteiger partial charge in [0.15, 0.2) is 0 Å². The first-order valence-corrected chi connectivity index (χ1v) is 3.76. The number of nitrogens with one attached hydrogen (secondary N) is 1. The van der Waals surface area contributed by atoms with Gasteiger partial charge in [0.25, 0.3) is 0 Å². The summed E-state index contributed by atoms with van der Waals surface area (Å²) >= 11 is 0. The van der Waals surface area contributed by atoms with E-state index in [0.717, 1.165) is 0 Å². The van der Waals surface area contributed by atoms with Crippen molar-refractivity contribution in [2.75, 3.05) is 0 Å². The first-order chi connectivity index (χ1) is 5.56. The third-order valence-corrected chi connectivity index (χ3v) is 1.32. The summed E-state index contributed by atoms with van der Waals surface area (Å²) in [6.07, 6.45) is 1.11. The number of hydrogen-bond donors (Lipinski definition) is 1. The van der Waals surface area contributed by atoms with E-state index < -0.39 is 0 Å². The van der Waals surface area contributed by atoms with Crippen LogP contribution >= 0.6 is 0 Å². The van der Waals surface area contributed by atoms with E-state index in [0.29, 0.717) is 6.29 Å². The maximum atomic E-state index is 10.6. The summed E-state index contributed by atoms with van der Waals surface area (Å²) in [4.78, 5) is 31.3. The quantitative estimate of drug-likeness (QED) is 0.595. The summed E-state index contributed by atoms with van der Waals surface area (Å²) in [6.45, 7) is 2.79. The number of rotatable bonds is 5. The van der Waals surface area contributed by atoms with Crippen LogP contribution in [-0.4, -0.2) is 24.0 Å². The van der Waals surface area contributed by atoms with Gasteiger partial charge in [-0.25, -0.2) is 0 Å². The van der Waals surface area contributed by atoms with Crippen molar-refractivity contribution in [1.29, 1.82) is 0 Å². The van der Waals surface area contributed by atoms with Crippen LogP contribution in [-0.2, 0) is 14.4 Å². The Morgan fingerprint density at radius 3 is 2.33 bits per heavy atom. The van der Waals surface area contributed by atoms with Crippen molar-refractivity contribution < 1.29 is 14.4 Å². The molecule has 0 aromatic heterocycles. The van der Waals surface area contributed by atoms with Gasteiger partial charge in [-0.2, -0.15) is 0 Å². The molecule has 0 heterocycles. The van der Waals surface area contributed by atoms with Crippen LogP contribution in [0.5, 0.6) is 0 Å². The molecule has 1 amide bonds. The fourth-order valence-electron chi connectivity index (χ4n) is 0.944. The van der Waals surface area contributed by atoms with Gasteiger partial charge in [-0.1, -0.05) is 0 Å². The molecule has 4 nitrogen and oxygen atoms in total. The lowest BCUT2D eigenvalue weighted by molar-refractivity contribution is -0.120. The Balaban J connectivity index is 3.93. The van der Waals surface area contributed by atoms with E-state index in [9.17, 15) is 14.4 Å². The Morgan fingerprint density at radius 2 is 2.00 bits per heavy atom. The average Bonchev–Trinajstić information content (AvgIpc) is 1.84. The molecular weight excluding hydrogens is 158 g/mol. The fraction of sp³-hybridized carbons (Fsp3) is 0.625. The highest BCUT2D eigenvalue weighted by atomic mass is 16.1. The van der Waals surface area contributed by atoms with Gasteiger partial charge in [0.05, 0.1) is 0 Å². The van der Waals surface area contributed by atoms with E-state index in [1.165, 1.54) is 13.8 Å². The molecule has 0 radical (unpaired) electrons. The molecule has 0 saturated heterocycles. The maximum Gasteiger partial charge on any atom is 0.217 e. The molecule has 0 spiro atoms. The van der Waals surface area contributed by atoms with E-state index in [2.05, 4.69) is 5.32 Å². The van der Waals surface area contributed by atoms with Crippen LogP contribution in [0.15, 0.2) is 0 Å². The van der Waals surface area contributed by atoms with Crippen molar-refractivity contribution in [3.63, 3.8) is 0 Å². The van der Waals surface area contributed by atoms with Crippen LogP contribution in [0.2, 0.25) is 0 Å². The second kappa shape index (κ2) is 5.46. The lowest BCUT2D eigenvalue weighted by Crippen LogP contribution is -2.34. The molecular formula is C8H13NO3. The predicted molar refractivity (Wildman–Crippen MR) is 43.6 cm³/mol. The number of amides is 1. The van der Waals surface area contributed by atoms with Crippen molar-refractivity contribution in [2.45, 2.75) is 32.7 Å². The normalized spacial score (nSPS) is 11.8. The lowest BCUT2D eigenvalue weighted by atomic mass is 10.1. The molecule has 0 saturated carbocycles. The van der Waals surface area contributed by atoms with Crippen LogP contribution in [0.4, 0.5) is 0 Å². The molecule has 0 aliphatic rings. The second-order valence-corrected chi connectivity index (χ2v) is 2.71. The molecule has 1 N–H and O–H groups in total. The molecule has 12 heavy (non-hydrogen) atoms. The molecule has 4 heteroatoms. The van der Waals surface area contributed by atoms with E-state index in [1.54, 1.807) is 0 Å². The summed E-state index contributed by atoms with van der Waals surface area (Å²) in [5, 5.41) is 2.52. The van der Waals surface area contributed by atoms with Crippen LogP contribution in [0, 0.1) is 0 Å². The van der Waals surface area contributed by atoms with Gasteiger partial charge >= 0.3 is 0 Å². The molecule has 0 aliphatic heterocycles. The minimum absolute atomic E-state index is 0.0319.